The molecular formula is C14H17ClO4. The minimum absolute atomic E-state index is 0.0460. The summed E-state index contributed by atoms with van der Waals surface area (Å²) in [5, 5.41) is 0.533. The lowest BCUT2D eigenvalue weighted by molar-refractivity contribution is -0.158. The van der Waals surface area contributed by atoms with Gasteiger partial charge in [-0.3, -0.25) is 4.79 Å². The molecular weight excluding hydrogens is 268 g/mol. The van der Waals surface area contributed by atoms with Gasteiger partial charge in [-0.2, -0.15) is 0 Å². The Bertz CT molecular complexity index is 459. The largest absolute Gasteiger partial charge is 0.463 e. The summed E-state index contributed by atoms with van der Waals surface area (Å²) in [4.78, 5) is 22.7. The molecule has 0 amide bonds. The van der Waals surface area contributed by atoms with E-state index in [1.54, 1.807) is 13.0 Å². The first kappa shape index (κ1) is 15.5. The van der Waals surface area contributed by atoms with Crippen molar-refractivity contribution >= 4 is 23.5 Å². The third kappa shape index (κ3) is 4.91. The number of ether oxygens (including phenoxy) is 2. The molecule has 0 atom stereocenters. The molecule has 1 rings (SSSR count). The maximum absolute atomic E-state index is 11.6. The van der Waals surface area contributed by atoms with Crippen molar-refractivity contribution in [3.8, 4) is 0 Å². The summed E-state index contributed by atoms with van der Waals surface area (Å²) in [6.45, 7) is 5.40. The average molecular weight is 285 g/mol. The number of esters is 2. The van der Waals surface area contributed by atoms with Crippen LogP contribution in [0.2, 0.25) is 5.02 Å². The maximum atomic E-state index is 11.6. The van der Waals surface area contributed by atoms with Gasteiger partial charge in [-0.05, 0) is 43.5 Å². The molecule has 0 bridgehead atoms. The fourth-order valence-corrected chi connectivity index (χ4v) is 2.09. The Balaban J connectivity index is 2.60. The Kier molecular flexibility index (Phi) is 5.83. The highest BCUT2D eigenvalue weighted by Gasteiger charge is 2.13. The molecule has 0 spiro atoms. The van der Waals surface area contributed by atoms with E-state index < -0.39 is 11.9 Å². The molecule has 0 aromatic heterocycles. The molecule has 0 aliphatic heterocycles. The first-order valence-electron chi connectivity index (χ1n) is 6.01. The maximum Gasteiger partial charge on any atom is 0.344 e. The van der Waals surface area contributed by atoms with Crippen LogP contribution in [0.15, 0.2) is 12.1 Å². The molecule has 5 heteroatoms. The molecule has 0 fully saturated rings. The normalized spacial score (nSPS) is 10.1. The van der Waals surface area contributed by atoms with Crippen LogP contribution in [0.5, 0.6) is 0 Å². The van der Waals surface area contributed by atoms with Gasteiger partial charge in [0.15, 0.2) is 6.61 Å². The van der Waals surface area contributed by atoms with Gasteiger partial charge >= 0.3 is 11.9 Å². The quantitative estimate of drug-likeness (QED) is 0.780. The van der Waals surface area contributed by atoms with Gasteiger partial charge in [0.2, 0.25) is 0 Å². The topological polar surface area (TPSA) is 52.6 Å². The summed E-state index contributed by atoms with van der Waals surface area (Å²) in [6, 6.07) is 3.74. The molecule has 4 nitrogen and oxygen atoms in total. The molecule has 0 saturated heterocycles. The first-order chi connectivity index (χ1) is 8.93. The number of hydrogen-bond donors (Lipinski definition) is 0. The molecule has 19 heavy (non-hydrogen) atoms. The van der Waals surface area contributed by atoms with E-state index >= 15 is 0 Å². The van der Waals surface area contributed by atoms with E-state index in [-0.39, 0.29) is 19.6 Å². The van der Waals surface area contributed by atoms with E-state index in [1.165, 1.54) is 0 Å². The van der Waals surface area contributed by atoms with Gasteiger partial charge in [-0.1, -0.05) is 17.7 Å². The molecule has 0 heterocycles. The van der Waals surface area contributed by atoms with Crippen LogP contribution < -0.4 is 0 Å². The molecule has 0 N–H and O–H groups in total. The van der Waals surface area contributed by atoms with Crippen LogP contribution in [0.1, 0.15) is 23.6 Å². The molecule has 0 saturated carbocycles. The van der Waals surface area contributed by atoms with E-state index in [0.717, 1.165) is 16.7 Å². The highest BCUT2D eigenvalue weighted by Crippen LogP contribution is 2.22. The van der Waals surface area contributed by atoms with Gasteiger partial charge in [0.25, 0.3) is 0 Å². The van der Waals surface area contributed by atoms with E-state index in [9.17, 15) is 9.59 Å². The lowest BCUT2D eigenvalue weighted by Crippen LogP contribution is -2.18. The molecule has 0 aliphatic rings. The molecule has 1 aromatic rings. The van der Waals surface area contributed by atoms with E-state index in [2.05, 4.69) is 4.74 Å². The van der Waals surface area contributed by atoms with Gasteiger partial charge < -0.3 is 9.47 Å². The standard InChI is InChI=1S/C14H17ClO4/c1-4-18-14(17)8-19-13(16)7-11-10(3)5-9(2)6-12(11)15/h5-6H,4,7-8H2,1-3H3. The lowest BCUT2D eigenvalue weighted by Gasteiger charge is -2.09. The fourth-order valence-electron chi connectivity index (χ4n) is 1.71. The van der Waals surface area contributed by atoms with Crippen molar-refractivity contribution in [3.63, 3.8) is 0 Å². The van der Waals surface area contributed by atoms with Crippen molar-refractivity contribution in [2.24, 2.45) is 0 Å². The summed E-state index contributed by atoms with van der Waals surface area (Å²) in [6.07, 6.45) is 0.0460. The highest BCUT2D eigenvalue weighted by molar-refractivity contribution is 6.31. The predicted octanol–water partition coefficient (Wildman–Crippen LogP) is 2.61. The second-order valence-corrected chi connectivity index (χ2v) is 4.59. The highest BCUT2D eigenvalue weighted by atomic mass is 35.5. The molecule has 104 valence electrons. The number of carbonyl (C=O) groups is 2. The van der Waals surface area contributed by atoms with E-state index in [1.807, 2.05) is 19.9 Å². The summed E-state index contributed by atoms with van der Waals surface area (Å²) < 4.78 is 9.49. The van der Waals surface area contributed by atoms with Crippen LogP contribution in [0.3, 0.4) is 0 Å². The Morgan fingerprint density at radius 2 is 1.84 bits per heavy atom. The fraction of sp³-hybridized carbons (Fsp3) is 0.429. The zero-order valence-electron chi connectivity index (χ0n) is 11.3. The number of hydrogen-bond acceptors (Lipinski definition) is 4. The zero-order valence-corrected chi connectivity index (χ0v) is 12.0. The predicted molar refractivity (Wildman–Crippen MR) is 72.2 cm³/mol. The van der Waals surface area contributed by atoms with Crippen molar-refractivity contribution in [2.75, 3.05) is 13.2 Å². The van der Waals surface area contributed by atoms with Crippen LogP contribution >= 0.6 is 11.6 Å². The summed E-state index contributed by atoms with van der Waals surface area (Å²) in [5.74, 6) is -1.05. The third-order valence-electron chi connectivity index (χ3n) is 2.54. The Labute approximate surface area is 117 Å². The van der Waals surface area contributed by atoms with Gasteiger partial charge in [0, 0.05) is 5.02 Å². The van der Waals surface area contributed by atoms with Gasteiger partial charge in [-0.15, -0.1) is 0 Å². The van der Waals surface area contributed by atoms with Crippen LogP contribution in [0, 0.1) is 13.8 Å². The summed E-state index contributed by atoms with van der Waals surface area (Å²) >= 11 is 6.09. The summed E-state index contributed by atoms with van der Waals surface area (Å²) in [7, 11) is 0. The molecule has 0 unspecified atom stereocenters. The molecule has 0 radical (unpaired) electrons. The second kappa shape index (κ2) is 7.14. The minimum atomic E-state index is -0.553. The van der Waals surface area contributed by atoms with E-state index in [0.29, 0.717) is 5.02 Å². The number of aryl methyl sites for hydroxylation is 2. The van der Waals surface area contributed by atoms with Crippen molar-refractivity contribution in [1.29, 1.82) is 0 Å². The number of halogens is 1. The van der Waals surface area contributed by atoms with Crippen LogP contribution in [0.4, 0.5) is 0 Å². The van der Waals surface area contributed by atoms with Gasteiger partial charge in [0.1, 0.15) is 0 Å². The Morgan fingerprint density at radius 1 is 1.16 bits per heavy atom. The average Bonchev–Trinajstić information content (AvgIpc) is 2.31. The smallest absolute Gasteiger partial charge is 0.344 e. The van der Waals surface area contributed by atoms with Crippen molar-refractivity contribution in [2.45, 2.75) is 27.2 Å². The number of carbonyl (C=O) groups excluding carboxylic acids is 2. The van der Waals surface area contributed by atoms with E-state index in [4.69, 9.17) is 16.3 Å². The lowest BCUT2D eigenvalue weighted by atomic mass is 10.0. The number of benzene rings is 1. The van der Waals surface area contributed by atoms with Crippen molar-refractivity contribution in [3.05, 3.63) is 33.8 Å². The Hall–Kier alpha value is -1.55. The molecule has 0 aliphatic carbocycles. The SMILES string of the molecule is CCOC(=O)COC(=O)Cc1c(C)cc(C)cc1Cl. The third-order valence-corrected chi connectivity index (χ3v) is 2.88. The Morgan fingerprint density at radius 3 is 2.42 bits per heavy atom. The van der Waals surface area contributed by atoms with Crippen LogP contribution in [-0.2, 0) is 25.5 Å². The van der Waals surface area contributed by atoms with Gasteiger partial charge in [-0.25, -0.2) is 4.79 Å². The first-order valence-corrected chi connectivity index (χ1v) is 6.38. The van der Waals surface area contributed by atoms with Crippen molar-refractivity contribution < 1.29 is 19.1 Å². The van der Waals surface area contributed by atoms with Gasteiger partial charge in [0.05, 0.1) is 13.0 Å². The zero-order chi connectivity index (χ0) is 14.4. The van der Waals surface area contributed by atoms with Crippen LogP contribution in [-0.4, -0.2) is 25.2 Å². The monoisotopic (exact) mass is 284 g/mol. The summed E-state index contributed by atoms with van der Waals surface area (Å²) in [5.41, 5.74) is 2.69. The number of rotatable bonds is 5. The minimum Gasteiger partial charge on any atom is -0.463 e. The van der Waals surface area contributed by atoms with Crippen molar-refractivity contribution in [1.82, 2.24) is 0 Å². The second-order valence-electron chi connectivity index (χ2n) is 4.18. The molecule has 1 aromatic carbocycles. The van der Waals surface area contributed by atoms with Crippen LogP contribution in [0.25, 0.3) is 0 Å².